The van der Waals surface area contributed by atoms with E-state index in [1.165, 1.54) is 16.7 Å². The molecule has 3 rings (SSSR count). The van der Waals surface area contributed by atoms with E-state index in [2.05, 4.69) is 0 Å². The Morgan fingerprint density at radius 3 is 3.00 bits per heavy atom. The molecule has 1 amide bonds. The van der Waals surface area contributed by atoms with Gasteiger partial charge in [-0.3, -0.25) is 14.5 Å². The minimum Gasteiger partial charge on any atom is -0.493 e. The summed E-state index contributed by atoms with van der Waals surface area (Å²) in [6.45, 7) is 4.75. The van der Waals surface area contributed by atoms with Gasteiger partial charge in [-0.15, -0.1) is 0 Å². The lowest BCUT2D eigenvalue weighted by atomic mass is 10.1. The van der Waals surface area contributed by atoms with Crippen molar-refractivity contribution in [2.75, 3.05) is 13.2 Å². The maximum absolute atomic E-state index is 12.7. The summed E-state index contributed by atoms with van der Waals surface area (Å²) in [7, 11) is 0. The van der Waals surface area contributed by atoms with Crippen LogP contribution in [0.1, 0.15) is 37.8 Å². The van der Waals surface area contributed by atoms with Gasteiger partial charge in [-0.1, -0.05) is 24.0 Å². The van der Waals surface area contributed by atoms with Crippen LogP contribution in [0.4, 0.5) is 0 Å². The second kappa shape index (κ2) is 8.31. The van der Waals surface area contributed by atoms with E-state index in [4.69, 9.17) is 26.8 Å². The van der Waals surface area contributed by atoms with Crippen LogP contribution in [0.15, 0.2) is 17.0 Å². The fourth-order valence-electron chi connectivity index (χ4n) is 3.07. The monoisotopic (exact) mass is 407 g/mol. The highest BCUT2D eigenvalue weighted by Crippen LogP contribution is 2.39. The van der Waals surface area contributed by atoms with E-state index in [1.807, 2.05) is 26.0 Å². The average molecular weight is 408 g/mol. The molecule has 0 bridgehead atoms. The molecule has 1 saturated heterocycles. The van der Waals surface area contributed by atoms with Gasteiger partial charge in [-0.25, -0.2) is 0 Å². The van der Waals surface area contributed by atoms with Gasteiger partial charge in [-0.05, 0) is 38.5 Å². The number of hydrogen-bond acceptors (Lipinski definition) is 6. The molecule has 0 aromatic heterocycles. The number of thioether (sulfide) groups is 1. The van der Waals surface area contributed by atoms with Crippen molar-refractivity contribution in [3.8, 4) is 11.5 Å². The van der Waals surface area contributed by atoms with Gasteiger partial charge in [0.15, 0.2) is 0 Å². The number of ether oxygens (including phenoxy) is 2. The SMILES string of the molecule is CCOc1cc2c(cc1/C=C1\SC(=S)N(CCCC(=O)O)C1=O)O[C@@H](C)C2. The highest BCUT2D eigenvalue weighted by Gasteiger charge is 2.32. The lowest BCUT2D eigenvalue weighted by Crippen LogP contribution is -2.29. The van der Waals surface area contributed by atoms with Crippen molar-refractivity contribution in [2.45, 2.75) is 39.2 Å². The number of rotatable bonds is 7. The number of nitrogens with zero attached hydrogens (tertiary/aromatic N) is 1. The van der Waals surface area contributed by atoms with Crippen LogP contribution in [-0.4, -0.2) is 45.5 Å². The van der Waals surface area contributed by atoms with Crippen LogP contribution in [0.3, 0.4) is 0 Å². The molecule has 6 nitrogen and oxygen atoms in total. The van der Waals surface area contributed by atoms with Crippen molar-refractivity contribution in [2.24, 2.45) is 0 Å². The van der Waals surface area contributed by atoms with Crippen molar-refractivity contribution in [3.63, 3.8) is 0 Å². The molecule has 27 heavy (non-hydrogen) atoms. The molecule has 0 saturated carbocycles. The van der Waals surface area contributed by atoms with Gasteiger partial charge in [0, 0.05) is 30.5 Å². The van der Waals surface area contributed by atoms with Crippen LogP contribution in [0.5, 0.6) is 11.5 Å². The topological polar surface area (TPSA) is 76.1 Å². The Morgan fingerprint density at radius 2 is 2.30 bits per heavy atom. The predicted molar refractivity (Wildman–Crippen MR) is 108 cm³/mol. The number of aliphatic carboxylic acids is 1. The summed E-state index contributed by atoms with van der Waals surface area (Å²) in [5.74, 6) is 0.441. The summed E-state index contributed by atoms with van der Waals surface area (Å²) < 4.78 is 12.0. The Labute approximate surface area is 167 Å². The zero-order valence-corrected chi connectivity index (χ0v) is 16.8. The van der Waals surface area contributed by atoms with Crippen molar-refractivity contribution in [1.29, 1.82) is 0 Å². The Hall–Kier alpha value is -2.06. The fraction of sp³-hybridized carbons (Fsp3) is 0.421. The molecule has 8 heteroatoms. The molecule has 1 aromatic carbocycles. The van der Waals surface area contributed by atoms with E-state index >= 15 is 0 Å². The van der Waals surface area contributed by atoms with Gasteiger partial charge in [0.25, 0.3) is 5.91 Å². The fourth-order valence-corrected chi connectivity index (χ4v) is 4.37. The number of thiocarbonyl (C=S) groups is 1. The smallest absolute Gasteiger partial charge is 0.303 e. The number of carbonyl (C=O) groups excluding carboxylic acids is 1. The number of carbonyl (C=O) groups is 2. The molecule has 0 radical (unpaired) electrons. The van der Waals surface area contributed by atoms with Crippen LogP contribution < -0.4 is 9.47 Å². The van der Waals surface area contributed by atoms with E-state index in [9.17, 15) is 9.59 Å². The molecule has 2 aliphatic rings. The van der Waals surface area contributed by atoms with Gasteiger partial charge >= 0.3 is 5.97 Å². The average Bonchev–Trinajstić information content (AvgIpc) is 3.08. The number of hydrogen-bond donors (Lipinski definition) is 1. The maximum atomic E-state index is 12.7. The van der Waals surface area contributed by atoms with Crippen LogP contribution in [0.2, 0.25) is 0 Å². The molecule has 1 N–H and O–H groups in total. The third-order valence-corrected chi connectivity index (χ3v) is 5.64. The van der Waals surface area contributed by atoms with Crippen LogP contribution in [0, 0.1) is 0 Å². The Morgan fingerprint density at radius 1 is 1.52 bits per heavy atom. The third-order valence-electron chi connectivity index (χ3n) is 4.26. The van der Waals surface area contributed by atoms with Crippen LogP contribution in [-0.2, 0) is 16.0 Å². The van der Waals surface area contributed by atoms with E-state index < -0.39 is 5.97 Å². The summed E-state index contributed by atoms with van der Waals surface area (Å²) in [6, 6.07) is 3.88. The number of benzene rings is 1. The summed E-state index contributed by atoms with van der Waals surface area (Å²) in [5.41, 5.74) is 1.88. The molecule has 1 atom stereocenters. The molecule has 1 fully saturated rings. The normalized spacial score (nSPS) is 20.1. The van der Waals surface area contributed by atoms with Crippen molar-refractivity contribution >= 4 is 46.3 Å². The molecule has 1 aromatic rings. The van der Waals surface area contributed by atoms with Gasteiger partial charge in [0.05, 0.1) is 11.5 Å². The summed E-state index contributed by atoms with van der Waals surface area (Å²) in [6.07, 6.45) is 3.10. The predicted octanol–water partition coefficient (Wildman–Crippen LogP) is 3.47. The second-order valence-electron chi connectivity index (χ2n) is 6.39. The zero-order valence-electron chi connectivity index (χ0n) is 15.2. The van der Waals surface area contributed by atoms with E-state index in [-0.39, 0.29) is 18.4 Å². The van der Waals surface area contributed by atoms with Crippen LogP contribution >= 0.6 is 24.0 Å². The Kier molecular flexibility index (Phi) is 6.06. The van der Waals surface area contributed by atoms with Crippen molar-refractivity contribution in [3.05, 3.63) is 28.2 Å². The molecular formula is C19H21NO5S2. The molecule has 2 heterocycles. The Balaban J connectivity index is 1.84. The number of carboxylic acids is 1. The van der Waals surface area contributed by atoms with Crippen molar-refractivity contribution < 1.29 is 24.2 Å². The number of carboxylic acid groups (broad SMARTS) is 1. The van der Waals surface area contributed by atoms with Crippen molar-refractivity contribution in [1.82, 2.24) is 4.90 Å². The van der Waals surface area contributed by atoms with E-state index in [0.29, 0.717) is 34.5 Å². The molecule has 144 valence electrons. The minimum atomic E-state index is -0.885. The first-order valence-corrected chi connectivity index (χ1v) is 10.0. The highest BCUT2D eigenvalue weighted by atomic mass is 32.2. The molecular weight excluding hydrogens is 386 g/mol. The minimum absolute atomic E-state index is 0.00490. The summed E-state index contributed by atoms with van der Waals surface area (Å²) in [5, 5.41) is 8.76. The first-order valence-electron chi connectivity index (χ1n) is 8.82. The molecule has 2 aliphatic heterocycles. The lowest BCUT2D eigenvalue weighted by molar-refractivity contribution is -0.137. The van der Waals surface area contributed by atoms with E-state index in [0.717, 1.165) is 23.3 Å². The van der Waals surface area contributed by atoms with Crippen LogP contribution in [0.25, 0.3) is 6.08 Å². The summed E-state index contributed by atoms with van der Waals surface area (Å²) >= 11 is 6.51. The molecule has 0 unspecified atom stereocenters. The van der Waals surface area contributed by atoms with Gasteiger partial charge in [-0.2, -0.15) is 0 Å². The zero-order chi connectivity index (χ0) is 19.6. The largest absolute Gasteiger partial charge is 0.493 e. The molecule has 0 aliphatic carbocycles. The van der Waals surface area contributed by atoms with Gasteiger partial charge < -0.3 is 14.6 Å². The highest BCUT2D eigenvalue weighted by molar-refractivity contribution is 8.26. The number of amides is 1. The Bertz CT molecular complexity index is 821. The standard InChI is InChI=1S/C19H21NO5S2/c1-3-24-14-8-12-7-11(2)25-15(12)9-13(14)10-16-18(23)20(19(26)27-16)6-4-5-17(21)22/h8-11H,3-7H2,1-2H3,(H,21,22)/b16-10-/t11-/m0/s1. The van der Waals surface area contributed by atoms with Gasteiger partial charge in [0.2, 0.25) is 0 Å². The maximum Gasteiger partial charge on any atom is 0.303 e. The molecule has 0 spiro atoms. The summed E-state index contributed by atoms with van der Waals surface area (Å²) in [4.78, 5) is 25.3. The van der Waals surface area contributed by atoms with E-state index in [1.54, 1.807) is 6.08 Å². The quantitative estimate of drug-likeness (QED) is 0.548. The second-order valence-corrected chi connectivity index (χ2v) is 8.07. The third kappa shape index (κ3) is 4.44. The first kappa shape index (κ1) is 19.7. The first-order chi connectivity index (χ1) is 12.9. The lowest BCUT2D eigenvalue weighted by Gasteiger charge is -2.13. The number of fused-ring (bicyclic) bond motifs is 1. The van der Waals surface area contributed by atoms with Gasteiger partial charge in [0.1, 0.15) is 21.9 Å².